The summed E-state index contributed by atoms with van der Waals surface area (Å²) in [6.07, 6.45) is 3.81. The SMILES string of the molecule is COc1ccc(C2CNCc3ccncc32)cc1OC. The minimum Gasteiger partial charge on any atom is -0.493 e. The largest absolute Gasteiger partial charge is 0.493 e. The smallest absolute Gasteiger partial charge is 0.161 e. The molecule has 1 N–H and O–H groups in total. The Kier molecular flexibility index (Phi) is 3.56. The second-order valence-corrected chi connectivity index (χ2v) is 4.87. The number of aromatic nitrogens is 1. The van der Waals surface area contributed by atoms with Gasteiger partial charge in [-0.15, -0.1) is 0 Å². The number of nitrogens with one attached hydrogen (secondary N) is 1. The quantitative estimate of drug-likeness (QED) is 0.929. The molecule has 1 aromatic heterocycles. The van der Waals surface area contributed by atoms with Gasteiger partial charge in [0.25, 0.3) is 0 Å². The summed E-state index contributed by atoms with van der Waals surface area (Å²) in [7, 11) is 3.31. The molecule has 1 unspecified atom stereocenters. The van der Waals surface area contributed by atoms with Gasteiger partial charge in [-0.05, 0) is 34.9 Å². The molecule has 1 aliphatic rings. The van der Waals surface area contributed by atoms with Crippen LogP contribution in [0.3, 0.4) is 0 Å². The highest BCUT2D eigenvalue weighted by Gasteiger charge is 2.22. The van der Waals surface area contributed by atoms with E-state index in [4.69, 9.17) is 9.47 Å². The van der Waals surface area contributed by atoms with Crippen molar-refractivity contribution in [2.75, 3.05) is 20.8 Å². The number of nitrogens with zero attached hydrogens (tertiary/aromatic N) is 1. The van der Waals surface area contributed by atoms with Gasteiger partial charge in [-0.25, -0.2) is 0 Å². The van der Waals surface area contributed by atoms with Crippen LogP contribution < -0.4 is 14.8 Å². The van der Waals surface area contributed by atoms with Gasteiger partial charge in [-0.3, -0.25) is 4.98 Å². The molecule has 104 valence electrons. The van der Waals surface area contributed by atoms with Gasteiger partial charge in [0.2, 0.25) is 0 Å². The van der Waals surface area contributed by atoms with Gasteiger partial charge in [0, 0.05) is 31.4 Å². The Bertz CT molecular complexity index is 613. The Balaban J connectivity index is 2.02. The van der Waals surface area contributed by atoms with Crippen LogP contribution in [-0.4, -0.2) is 25.7 Å². The normalized spacial score (nSPS) is 17.4. The first-order chi connectivity index (χ1) is 9.83. The topological polar surface area (TPSA) is 43.4 Å². The van der Waals surface area contributed by atoms with Crippen molar-refractivity contribution in [3.63, 3.8) is 0 Å². The lowest BCUT2D eigenvalue weighted by Gasteiger charge is -2.26. The molecule has 0 aliphatic carbocycles. The standard InChI is InChI=1S/C16H18N2O2/c1-19-15-4-3-11(7-16(15)20-2)13-10-18-8-12-5-6-17-9-14(12)13/h3-7,9,13,18H,8,10H2,1-2H3. The molecule has 3 rings (SSSR count). The van der Waals surface area contributed by atoms with Gasteiger partial charge >= 0.3 is 0 Å². The van der Waals surface area contributed by atoms with Crippen LogP contribution in [-0.2, 0) is 6.54 Å². The third-order valence-corrected chi connectivity index (χ3v) is 3.80. The number of rotatable bonds is 3. The molecule has 0 saturated heterocycles. The third-order valence-electron chi connectivity index (χ3n) is 3.80. The molecule has 0 bridgehead atoms. The van der Waals surface area contributed by atoms with Gasteiger partial charge in [-0.2, -0.15) is 0 Å². The van der Waals surface area contributed by atoms with Crippen molar-refractivity contribution in [3.05, 3.63) is 53.3 Å². The number of hydrogen-bond acceptors (Lipinski definition) is 4. The zero-order valence-corrected chi connectivity index (χ0v) is 11.7. The molecule has 4 heteroatoms. The van der Waals surface area contributed by atoms with Crippen molar-refractivity contribution in [1.29, 1.82) is 0 Å². The monoisotopic (exact) mass is 270 g/mol. The molecular formula is C16H18N2O2. The second kappa shape index (κ2) is 5.51. The predicted octanol–water partition coefficient (Wildman–Crippen LogP) is 2.33. The zero-order chi connectivity index (χ0) is 13.9. The van der Waals surface area contributed by atoms with Crippen molar-refractivity contribution < 1.29 is 9.47 Å². The van der Waals surface area contributed by atoms with E-state index in [1.807, 2.05) is 24.5 Å². The number of fused-ring (bicyclic) bond motifs is 1. The zero-order valence-electron chi connectivity index (χ0n) is 11.7. The van der Waals surface area contributed by atoms with E-state index in [0.29, 0.717) is 5.92 Å². The average molecular weight is 270 g/mol. The minimum absolute atomic E-state index is 0.298. The Labute approximate surface area is 118 Å². The molecule has 0 spiro atoms. The van der Waals surface area contributed by atoms with E-state index in [9.17, 15) is 0 Å². The van der Waals surface area contributed by atoms with Crippen LogP contribution in [0.15, 0.2) is 36.7 Å². The Morgan fingerprint density at radius 1 is 1.15 bits per heavy atom. The van der Waals surface area contributed by atoms with Gasteiger partial charge < -0.3 is 14.8 Å². The summed E-state index contributed by atoms with van der Waals surface area (Å²) in [6, 6.07) is 8.18. The molecule has 2 aromatic rings. The molecule has 0 amide bonds. The number of methoxy groups -OCH3 is 2. The van der Waals surface area contributed by atoms with E-state index in [1.54, 1.807) is 14.2 Å². The number of hydrogen-bond donors (Lipinski definition) is 1. The number of ether oxygens (including phenoxy) is 2. The summed E-state index contributed by atoms with van der Waals surface area (Å²) in [5.74, 6) is 1.82. The highest BCUT2D eigenvalue weighted by molar-refractivity contribution is 5.47. The summed E-state index contributed by atoms with van der Waals surface area (Å²) >= 11 is 0. The van der Waals surface area contributed by atoms with E-state index < -0.39 is 0 Å². The summed E-state index contributed by atoms with van der Waals surface area (Å²) in [5.41, 5.74) is 3.81. The lowest BCUT2D eigenvalue weighted by Crippen LogP contribution is -2.28. The lowest BCUT2D eigenvalue weighted by molar-refractivity contribution is 0.354. The average Bonchev–Trinajstić information content (AvgIpc) is 2.53. The van der Waals surface area contributed by atoms with Crippen molar-refractivity contribution >= 4 is 0 Å². The molecule has 1 aromatic carbocycles. The molecule has 0 fully saturated rings. The summed E-state index contributed by atoms with van der Waals surface area (Å²) in [6.45, 7) is 1.82. The van der Waals surface area contributed by atoms with E-state index in [0.717, 1.165) is 24.6 Å². The van der Waals surface area contributed by atoms with Crippen molar-refractivity contribution in [1.82, 2.24) is 10.3 Å². The van der Waals surface area contributed by atoms with Crippen molar-refractivity contribution in [3.8, 4) is 11.5 Å². The van der Waals surface area contributed by atoms with E-state index in [-0.39, 0.29) is 0 Å². The second-order valence-electron chi connectivity index (χ2n) is 4.87. The van der Waals surface area contributed by atoms with Crippen LogP contribution in [0.2, 0.25) is 0 Å². The Hall–Kier alpha value is -2.07. The van der Waals surface area contributed by atoms with Gasteiger partial charge in [0.15, 0.2) is 11.5 Å². The van der Waals surface area contributed by atoms with Crippen LogP contribution >= 0.6 is 0 Å². The Morgan fingerprint density at radius 3 is 2.80 bits per heavy atom. The summed E-state index contributed by atoms with van der Waals surface area (Å²) in [5, 5.41) is 3.46. The highest BCUT2D eigenvalue weighted by Crippen LogP contribution is 2.35. The maximum Gasteiger partial charge on any atom is 0.161 e. The van der Waals surface area contributed by atoms with Crippen LogP contribution in [0.25, 0.3) is 0 Å². The summed E-state index contributed by atoms with van der Waals surface area (Å²) in [4.78, 5) is 4.27. The van der Waals surface area contributed by atoms with Crippen molar-refractivity contribution in [2.45, 2.75) is 12.5 Å². The van der Waals surface area contributed by atoms with Gasteiger partial charge in [-0.1, -0.05) is 6.07 Å². The molecule has 1 atom stereocenters. The fraction of sp³-hybridized carbons (Fsp3) is 0.312. The van der Waals surface area contributed by atoms with Gasteiger partial charge in [0.1, 0.15) is 0 Å². The van der Waals surface area contributed by atoms with Crippen LogP contribution in [0.4, 0.5) is 0 Å². The molecule has 4 nitrogen and oxygen atoms in total. The minimum atomic E-state index is 0.298. The molecule has 2 heterocycles. The molecule has 1 aliphatic heterocycles. The van der Waals surface area contributed by atoms with Crippen LogP contribution in [0, 0.1) is 0 Å². The molecular weight excluding hydrogens is 252 g/mol. The molecule has 0 radical (unpaired) electrons. The molecule has 20 heavy (non-hydrogen) atoms. The third kappa shape index (κ3) is 2.23. The number of benzene rings is 1. The first-order valence-electron chi connectivity index (χ1n) is 6.69. The molecule has 0 saturated carbocycles. The first kappa shape index (κ1) is 12.9. The fourth-order valence-corrected chi connectivity index (χ4v) is 2.74. The first-order valence-corrected chi connectivity index (χ1v) is 6.69. The van der Waals surface area contributed by atoms with Crippen LogP contribution in [0.1, 0.15) is 22.6 Å². The van der Waals surface area contributed by atoms with Crippen molar-refractivity contribution in [2.24, 2.45) is 0 Å². The van der Waals surface area contributed by atoms with E-state index in [2.05, 4.69) is 22.4 Å². The highest BCUT2D eigenvalue weighted by atomic mass is 16.5. The fourth-order valence-electron chi connectivity index (χ4n) is 2.74. The Morgan fingerprint density at radius 2 is 2.00 bits per heavy atom. The maximum atomic E-state index is 5.39. The van der Waals surface area contributed by atoms with E-state index >= 15 is 0 Å². The van der Waals surface area contributed by atoms with E-state index in [1.165, 1.54) is 16.7 Å². The maximum absolute atomic E-state index is 5.39. The summed E-state index contributed by atoms with van der Waals surface area (Å²) < 4.78 is 10.7. The number of pyridine rings is 1. The lowest BCUT2D eigenvalue weighted by atomic mass is 9.86. The van der Waals surface area contributed by atoms with Crippen LogP contribution in [0.5, 0.6) is 11.5 Å². The van der Waals surface area contributed by atoms with Gasteiger partial charge in [0.05, 0.1) is 14.2 Å². The predicted molar refractivity (Wildman–Crippen MR) is 77.3 cm³/mol.